The Bertz CT molecular complexity index is 642. The van der Waals surface area contributed by atoms with Crippen LogP contribution in [0.4, 0.5) is 0 Å². The summed E-state index contributed by atoms with van der Waals surface area (Å²) in [4.78, 5) is 12.0. The smallest absolute Gasteiger partial charge is 0.273 e. The van der Waals surface area contributed by atoms with Gasteiger partial charge in [-0.05, 0) is 6.92 Å². The molecule has 1 saturated heterocycles. The fourth-order valence-electron chi connectivity index (χ4n) is 2.12. The molecule has 0 spiro atoms. The molecule has 0 bridgehead atoms. The van der Waals surface area contributed by atoms with Gasteiger partial charge in [-0.1, -0.05) is 12.1 Å². The second-order valence-corrected chi connectivity index (χ2v) is 5.65. The van der Waals surface area contributed by atoms with Crippen molar-refractivity contribution in [3.63, 3.8) is 0 Å². The van der Waals surface area contributed by atoms with Crippen LogP contribution in [-0.4, -0.2) is 40.6 Å². The largest absolute Gasteiger partial charge is 0.380 e. The number of ether oxygens (including phenoxy) is 1. The lowest BCUT2D eigenvalue weighted by Crippen LogP contribution is -2.48. The van der Waals surface area contributed by atoms with E-state index in [2.05, 4.69) is 22.5 Å². The van der Waals surface area contributed by atoms with Crippen molar-refractivity contribution in [2.45, 2.75) is 20.4 Å². The molecular formula is C14H18N4O3. The summed E-state index contributed by atoms with van der Waals surface area (Å²) in [5.41, 5.74) is 1.12. The molecule has 0 radical (unpaired) electrons. The molecule has 0 unspecified atom stereocenters. The molecule has 112 valence electrons. The predicted molar refractivity (Wildman–Crippen MR) is 74.7 cm³/mol. The zero-order valence-electron chi connectivity index (χ0n) is 12.1. The Morgan fingerprint density at radius 3 is 2.95 bits per heavy atom. The maximum absolute atomic E-state index is 12.0. The van der Waals surface area contributed by atoms with Gasteiger partial charge in [-0.25, -0.2) is 0 Å². The van der Waals surface area contributed by atoms with Gasteiger partial charge < -0.3 is 14.6 Å². The van der Waals surface area contributed by atoms with E-state index in [0.29, 0.717) is 25.5 Å². The summed E-state index contributed by atoms with van der Waals surface area (Å²) in [6.45, 7) is 6.77. The number of amides is 1. The van der Waals surface area contributed by atoms with Gasteiger partial charge in [-0.15, -0.1) is 0 Å². The average Bonchev–Trinajstić information content (AvgIpc) is 3.10. The Balaban J connectivity index is 1.65. The van der Waals surface area contributed by atoms with E-state index in [0.717, 1.165) is 12.1 Å². The minimum Gasteiger partial charge on any atom is -0.380 e. The lowest BCUT2D eigenvalue weighted by Gasteiger charge is -2.37. The van der Waals surface area contributed by atoms with Gasteiger partial charge in [0.15, 0.2) is 11.5 Å². The first-order valence-electron chi connectivity index (χ1n) is 6.95. The van der Waals surface area contributed by atoms with E-state index in [1.54, 1.807) is 16.9 Å². The van der Waals surface area contributed by atoms with E-state index >= 15 is 0 Å². The van der Waals surface area contributed by atoms with Crippen molar-refractivity contribution >= 4 is 5.91 Å². The van der Waals surface area contributed by atoms with E-state index in [4.69, 9.17) is 9.26 Å². The van der Waals surface area contributed by atoms with Gasteiger partial charge in [0.05, 0.1) is 25.0 Å². The number of nitrogens with zero attached hydrogens (tertiary/aromatic N) is 3. The van der Waals surface area contributed by atoms with Gasteiger partial charge in [-0.3, -0.25) is 9.48 Å². The zero-order chi connectivity index (χ0) is 14.9. The molecule has 1 N–H and O–H groups in total. The van der Waals surface area contributed by atoms with Crippen molar-refractivity contribution in [3.8, 4) is 11.3 Å². The van der Waals surface area contributed by atoms with Crippen molar-refractivity contribution in [1.29, 1.82) is 0 Å². The third-order valence-corrected chi connectivity index (χ3v) is 3.56. The molecule has 1 aliphatic rings. The molecular weight excluding hydrogens is 272 g/mol. The quantitative estimate of drug-likeness (QED) is 0.898. The highest BCUT2D eigenvalue weighted by Crippen LogP contribution is 2.25. The molecule has 7 nitrogen and oxygen atoms in total. The van der Waals surface area contributed by atoms with Gasteiger partial charge >= 0.3 is 0 Å². The number of aryl methyl sites for hydroxylation is 1. The third-order valence-electron chi connectivity index (χ3n) is 3.56. The molecule has 3 heterocycles. The van der Waals surface area contributed by atoms with Crippen LogP contribution in [0.2, 0.25) is 0 Å². The minimum absolute atomic E-state index is 0.0322. The van der Waals surface area contributed by atoms with Crippen LogP contribution < -0.4 is 5.32 Å². The zero-order valence-corrected chi connectivity index (χ0v) is 12.1. The van der Waals surface area contributed by atoms with Crippen molar-refractivity contribution < 1.29 is 14.1 Å². The van der Waals surface area contributed by atoms with Crippen LogP contribution >= 0.6 is 0 Å². The molecule has 1 fully saturated rings. The van der Waals surface area contributed by atoms with Gasteiger partial charge in [0.2, 0.25) is 0 Å². The van der Waals surface area contributed by atoms with Crippen molar-refractivity contribution in [3.05, 3.63) is 24.2 Å². The molecule has 21 heavy (non-hydrogen) atoms. The summed E-state index contributed by atoms with van der Waals surface area (Å²) in [6, 6.07) is 1.63. The first-order valence-corrected chi connectivity index (χ1v) is 6.95. The summed E-state index contributed by atoms with van der Waals surface area (Å²) < 4.78 is 12.2. The second kappa shape index (κ2) is 5.33. The minimum atomic E-state index is -0.235. The first-order chi connectivity index (χ1) is 10.1. The van der Waals surface area contributed by atoms with E-state index in [1.807, 2.05) is 13.1 Å². The fourth-order valence-corrected chi connectivity index (χ4v) is 2.12. The lowest BCUT2D eigenvalue weighted by molar-refractivity contribution is -0.0978. The van der Waals surface area contributed by atoms with E-state index in [9.17, 15) is 4.79 Å². The Labute approximate surface area is 122 Å². The summed E-state index contributed by atoms with van der Waals surface area (Å²) in [7, 11) is 0. The van der Waals surface area contributed by atoms with Crippen molar-refractivity contribution in [2.24, 2.45) is 5.41 Å². The van der Waals surface area contributed by atoms with E-state index in [1.165, 1.54) is 0 Å². The topological polar surface area (TPSA) is 82.2 Å². The maximum atomic E-state index is 12.0. The number of hydrogen-bond donors (Lipinski definition) is 1. The highest BCUT2D eigenvalue weighted by Gasteiger charge is 2.33. The van der Waals surface area contributed by atoms with Gasteiger partial charge in [0.25, 0.3) is 5.91 Å². The average molecular weight is 290 g/mol. The highest BCUT2D eigenvalue weighted by molar-refractivity contribution is 5.93. The number of hydrogen-bond acceptors (Lipinski definition) is 5. The van der Waals surface area contributed by atoms with Crippen LogP contribution in [0.3, 0.4) is 0 Å². The third kappa shape index (κ3) is 2.82. The molecule has 0 saturated carbocycles. The normalized spacial score (nSPS) is 16.5. The number of carbonyl (C=O) groups excluding carboxylic acids is 1. The Hall–Kier alpha value is -2.15. The van der Waals surface area contributed by atoms with Crippen LogP contribution in [-0.2, 0) is 11.3 Å². The molecule has 1 aliphatic heterocycles. The SMILES string of the molecule is CCn1cc(-c2cc(C(=O)NCC3(C)COC3)no2)cn1. The summed E-state index contributed by atoms with van der Waals surface area (Å²) >= 11 is 0. The Morgan fingerprint density at radius 1 is 1.52 bits per heavy atom. The standard InChI is InChI=1S/C14H18N4O3/c1-3-18-6-10(5-16-18)12-4-11(17-21-12)13(19)15-7-14(2)8-20-9-14/h4-6H,3,7-9H2,1-2H3,(H,15,19). The van der Waals surface area contributed by atoms with Gasteiger partial charge in [-0.2, -0.15) is 5.10 Å². The first kappa shape index (κ1) is 13.8. The van der Waals surface area contributed by atoms with E-state index in [-0.39, 0.29) is 17.0 Å². The molecule has 2 aromatic rings. The molecule has 0 aliphatic carbocycles. The highest BCUT2D eigenvalue weighted by atomic mass is 16.5. The van der Waals surface area contributed by atoms with Crippen molar-refractivity contribution in [1.82, 2.24) is 20.3 Å². The van der Waals surface area contributed by atoms with Crippen LogP contribution in [0.15, 0.2) is 23.0 Å². The van der Waals surface area contributed by atoms with Crippen LogP contribution in [0, 0.1) is 5.41 Å². The fraction of sp³-hybridized carbons (Fsp3) is 0.500. The molecule has 7 heteroatoms. The molecule has 0 atom stereocenters. The summed E-state index contributed by atoms with van der Waals surface area (Å²) in [6.07, 6.45) is 3.55. The Kier molecular flexibility index (Phi) is 3.50. The number of carbonyl (C=O) groups is 1. The monoisotopic (exact) mass is 290 g/mol. The second-order valence-electron chi connectivity index (χ2n) is 5.65. The summed E-state index contributed by atoms with van der Waals surface area (Å²) in [5.74, 6) is 0.305. The number of rotatable bonds is 5. The van der Waals surface area contributed by atoms with E-state index < -0.39 is 0 Å². The van der Waals surface area contributed by atoms with Gasteiger partial charge in [0.1, 0.15) is 0 Å². The number of nitrogens with one attached hydrogen (secondary N) is 1. The van der Waals surface area contributed by atoms with Gasteiger partial charge in [0, 0.05) is 30.8 Å². The predicted octanol–water partition coefficient (Wildman–Crippen LogP) is 1.32. The Morgan fingerprint density at radius 2 is 2.33 bits per heavy atom. The maximum Gasteiger partial charge on any atom is 0.273 e. The summed E-state index contributed by atoms with van der Waals surface area (Å²) in [5, 5.41) is 10.8. The number of aromatic nitrogens is 3. The van der Waals surface area contributed by atoms with Crippen LogP contribution in [0.1, 0.15) is 24.3 Å². The molecule has 3 rings (SSSR count). The van der Waals surface area contributed by atoms with Crippen LogP contribution in [0.25, 0.3) is 11.3 Å². The molecule has 1 amide bonds. The van der Waals surface area contributed by atoms with Crippen molar-refractivity contribution in [2.75, 3.05) is 19.8 Å². The molecule has 2 aromatic heterocycles. The van der Waals surface area contributed by atoms with Crippen LogP contribution in [0.5, 0.6) is 0 Å². The molecule has 0 aromatic carbocycles. The lowest BCUT2D eigenvalue weighted by atomic mass is 9.89.